The molecule has 0 aromatic heterocycles. The lowest BCUT2D eigenvalue weighted by Crippen LogP contribution is -2.09. The monoisotopic (exact) mass is 257 g/mol. The lowest BCUT2D eigenvalue weighted by atomic mass is 9.91. The SMILES string of the molecule is CC(c1ccc(C(F)(F)F)cc1)C1C(N)C1(C)C. The van der Waals surface area contributed by atoms with Crippen molar-refractivity contribution >= 4 is 0 Å². The molecule has 100 valence electrons. The Labute approximate surface area is 105 Å². The maximum absolute atomic E-state index is 12.5. The zero-order chi connectivity index (χ0) is 13.7. The van der Waals surface area contributed by atoms with Crippen molar-refractivity contribution in [3.8, 4) is 0 Å². The van der Waals surface area contributed by atoms with Crippen LogP contribution in [0.15, 0.2) is 24.3 Å². The van der Waals surface area contributed by atoms with E-state index >= 15 is 0 Å². The van der Waals surface area contributed by atoms with Crippen molar-refractivity contribution in [3.05, 3.63) is 35.4 Å². The summed E-state index contributed by atoms with van der Waals surface area (Å²) < 4.78 is 37.4. The lowest BCUT2D eigenvalue weighted by Gasteiger charge is -2.14. The van der Waals surface area contributed by atoms with Crippen LogP contribution in [0.5, 0.6) is 0 Å². The lowest BCUT2D eigenvalue weighted by molar-refractivity contribution is -0.137. The summed E-state index contributed by atoms with van der Waals surface area (Å²) >= 11 is 0. The normalized spacial score (nSPS) is 27.9. The summed E-state index contributed by atoms with van der Waals surface area (Å²) in [7, 11) is 0. The van der Waals surface area contributed by atoms with Crippen LogP contribution < -0.4 is 5.73 Å². The molecule has 18 heavy (non-hydrogen) atoms. The Morgan fingerprint density at radius 1 is 1.17 bits per heavy atom. The van der Waals surface area contributed by atoms with Crippen molar-refractivity contribution in [3.63, 3.8) is 0 Å². The molecule has 2 N–H and O–H groups in total. The highest BCUT2D eigenvalue weighted by Gasteiger charge is 2.57. The first-order chi connectivity index (χ1) is 8.15. The Morgan fingerprint density at radius 2 is 1.61 bits per heavy atom. The van der Waals surface area contributed by atoms with Gasteiger partial charge in [-0.15, -0.1) is 0 Å². The molecule has 0 spiro atoms. The molecule has 0 radical (unpaired) electrons. The third kappa shape index (κ3) is 2.14. The molecule has 0 saturated heterocycles. The highest BCUT2D eigenvalue weighted by Crippen LogP contribution is 2.57. The zero-order valence-corrected chi connectivity index (χ0v) is 10.8. The second-order valence-electron chi connectivity index (χ2n) is 5.78. The molecule has 3 atom stereocenters. The largest absolute Gasteiger partial charge is 0.416 e. The van der Waals surface area contributed by atoms with Crippen LogP contribution in [0, 0.1) is 11.3 Å². The van der Waals surface area contributed by atoms with Gasteiger partial charge < -0.3 is 5.73 Å². The van der Waals surface area contributed by atoms with E-state index in [1.165, 1.54) is 0 Å². The van der Waals surface area contributed by atoms with Crippen LogP contribution in [0.2, 0.25) is 0 Å². The standard InChI is InChI=1S/C14H18F3N/c1-8(11-12(18)13(11,2)3)9-4-6-10(7-5-9)14(15,16)17/h4-8,11-12H,18H2,1-3H3. The number of halogens is 3. The molecule has 0 aliphatic heterocycles. The number of hydrogen-bond donors (Lipinski definition) is 1. The van der Waals surface area contributed by atoms with E-state index in [9.17, 15) is 13.2 Å². The summed E-state index contributed by atoms with van der Waals surface area (Å²) in [5, 5.41) is 0. The van der Waals surface area contributed by atoms with Crippen LogP contribution in [0.1, 0.15) is 37.8 Å². The van der Waals surface area contributed by atoms with Gasteiger partial charge in [-0.3, -0.25) is 0 Å². The fraction of sp³-hybridized carbons (Fsp3) is 0.571. The van der Waals surface area contributed by atoms with E-state index in [1.807, 2.05) is 6.92 Å². The van der Waals surface area contributed by atoms with Crippen molar-refractivity contribution in [1.29, 1.82) is 0 Å². The number of hydrogen-bond acceptors (Lipinski definition) is 1. The van der Waals surface area contributed by atoms with Gasteiger partial charge >= 0.3 is 6.18 Å². The maximum atomic E-state index is 12.5. The van der Waals surface area contributed by atoms with E-state index in [2.05, 4.69) is 13.8 Å². The van der Waals surface area contributed by atoms with Crippen molar-refractivity contribution in [2.45, 2.75) is 38.9 Å². The van der Waals surface area contributed by atoms with E-state index in [0.29, 0.717) is 5.92 Å². The molecule has 0 heterocycles. The van der Waals surface area contributed by atoms with E-state index in [-0.39, 0.29) is 17.4 Å². The van der Waals surface area contributed by atoms with Gasteiger partial charge in [-0.1, -0.05) is 32.9 Å². The number of benzene rings is 1. The van der Waals surface area contributed by atoms with Gasteiger partial charge in [0.25, 0.3) is 0 Å². The predicted molar refractivity (Wildman–Crippen MR) is 65.1 cm³/mol. The van der Waals surface area contributed by atoms with Crippen LogP contribution in [-0.2, 0) is 6.18 Å². The minimum atomic E-state index is -4.27. The Hall–Kier alpha value is -1.03. The fourth-order valence-electron chi connectivity index (χ4n) is 2.86. The molecule has 1 aliphatic rings. The van der Waals surface area contributed by atoms with Gasteiger partial charge in [-0.2, -0.15) is 13.2 Å². The minimum absolute atomic E-state index is 0.0854. The van der Waals surface area contributed by atoms with Crippen molar-refractivity contribution in [2.24, 2.45) is 17.1 Å². The molecular formula is C14H18F3N. The van der Waals surface area contributed by atoms with E-state index in [1.54, 1.807) is 12.1 Å². The van der Waals surface area contributed by atoms with Crippen molar-refractivity contribution < 1.29 is 13.2 Å². The number of rotatable bonds is 2. The minimum Gasteiger partial charge on any atom is -0.327 e. The third-order valence-corrected chi connectivity index (χ3v) is 4.30. The topological polar surface area (TPSA) is 26.0 Å². The number of nitrogens with two attached hydrogens (primary N) is 1. The second kappa shape index (κ2) is 3.98. The van der Waals surface area contributed by atoms with Crippen LogP contribution in [0.3, 0.4) is 0 Å². The van der Waals surface area contributed by atoms with Gasteiger partial charge in [0.05, 0.1) is 5.56 Å². The summed E-state index contributed by atoms with van der Waals surface area (Å²) in [6.07, 6.45) is -4.27. The van der Waals surface area contributed by atoms with Gasteiger partial charge in [0.2, 0.25) is 0 Å². The average Bonchev–Trinajstić information content (AvgIpc) is 2.76. The molecule has 0 amide bonds. The third-order valence-electron chi connectivity index (χ3n) is 4.30. The van der Waals surface area contributed by atoms with Gasteiger partial charge in [0.15, 0.2) is 0 Å². The molecule has 4 heteroatoms. The summed E-state index contributed by atoms with van der Waals surface area (Å²) in [4.78, 5) is 0. The summed E-state index contributed by atoms with van der Waals surface area (Å²) in [5.41, 5.74) is 6.41. The van der Waals surface area contributed by atoms with Crippen LogP contribution in [0.25, 0.3) is 0 Å². The zero-order valence-electron chi connectivity index (χ0n) is 10.8. The molecule has 2 rings (SSSR count). The predicted octanol–water partition coefficient (Wildman–Crippen LogP) is 3.79. The molecule has 1 aromatic rings. The van der Waals surface area contributed by atoms with Crippen molar-refractivity contribution in [2.75, 3.05) is 0 Å². The molecule has 1 nitrogen and oxygen atoms in total. The second-order valence-corrected chi connectivity index (χ2v) is 5.78. The highest BCUT2D eigenvalue weighted by atomic mass is 19.4. The Balaban J connectivity index is 2.16. The highest BCUT2D eigenvalue weighted by molar-refractivity contribution is 5.30. The number of alkyl halides is 3. The van der Waals surface area contributed by atoms with Crippen molar-refractivity contribution in [1.82, 2.24) is 0 Å². The van der Waals surface area contributed by atoms with Gasteiger partial charge in [-0.25, -0.2) is 0 Å². The fourth-order valence-corrected chi connectivity index (χ4v) is 2.86. The Morgan fingerprint density at radius 3 is 1.94 bits per heavy atom. The summed E-state index contributed by atoms with van der Waals surface area (Å²) in [5.74, 6) is 0.534. The van der Waals surface area contributed by atoms with Gasteiger partial charge in [0.1, 0.15) is 0 Å². The first kappa shape index (κ1) is 13.4. The molecule has 0 bridgehead atoms. The first-order valence-corrected chi connectivity index (χ1v) is 6.08. The van der Waals surface area contributed by atoms with E-state index in [4.69, 9.17) is 5.73 Å². The molecular weight excluding hydrogens is 239 g/mol. The maximum Gasteiger partial charge on any atom is 0.416 e. The Bertz CT molecular complexity index is 433. The molecule has 1 saturated carbocycles. The average molecular weight is 257 g/mol. The molecule has 1 fully saturated rings. The quantitative estimate of drug-likeness (QED) is 0.857. The summed E-state index contributed by atoms with van der Waals surface area (Å²) in [6.45, 7) is 6.23. The van der Waals surface area contributed by atoms with Crippen LogP contribution in [-0.4, -0.2) is 6.04 Å². The van der Waals surface area contributed by atoms with Crippen LogP contribution in [0.4, 0.5) is 13.2 Å². The summed E-state index contributed by atoms with van der Waals surface area (Å²) in [6, 6.07) is 5.55. The van der Waals surface area contributed by atoms with E-state index < -0.39 is 11.7 Å². The van der Waals surface area contributed by atoms with Gasteiger partial charge in [-0.05, 0) is 34.9 Å². The molecule has 1 aliphatic carbocycles. The molecule has 1 aromatic carbocycles. The van der Waals surface area contributed by atoms with Crippen LogP contribution >= 0.6 is 0 Å². The van der Waals surface area contributed by atoms with E-state index in [0.717, 1.165) is 17.7 Å². The first-order valence-electron chi connectivity index (χ1n) is 6.08. The van der Waals surface area contributed by atoms with Gasteiger partial charge in [0, 0.05) is 6.04 Å². The Kier molecular flexibility index (Phi) is 2.97. The smallest absolute Gasteiger partial charge is 0.327 e. The molecule has 3 unspecified atom stereocenters.